The van der Waals surface area contributed by atoms with Crippen LogP contribution in [0.2, 0.25) is 0 Å². The molecule has 108 valence electrons. The van der Waals surface area contributed by atoms with Crippen molar-refractivity contribution in [3.63, 3.8) is 0 Å². The topological polar surface area (TPSA) is 32.3 Å². The van der Waals surface area contributed by atoms with E-state index < -0.39 is 0 Å². The summed E-state index contributed by atoms with van der Waals surface area (Å²) >= 11 is 0. The van der Waals surface area contributed by atoms with Crippen LogP contribution in [0.25, 0.3) is 0 Å². The first kappa shape index (κ1) is 13.3. The molecule has 2 aliphatic carbocycles. The number of amides is 2. The Bertz CT molecular complexity index is 336. The highest BCUT2D eigenvalue weighted by Crippen LogP contribution is 2.49. The average Bonchev–Trinajstić information content (AvgIpc) is 3.01. The third-order valence-electron chi connectivity index (χ3n) is 5.86. The zero-order valence-electron chi connectivity index (χ0n) is 12.4. The lowest BCUT2D eigenvalue weighted by atomic mass is 9.84. The van der Waals surface area contributed by atoms with Crippen LogP contribution in [-0.2, 0) is 0 Å². The van der Waals surface area contributed by atoms with Gasteiger partial charge in [-0.25, -0.2) is 4.79 Å². The molecule has 19 heavy (non-hydrogen) atoms. The molecule has 0 aromatic heterocycles. The molecule has 4 unspecified atom stereocenters. The van der Waals surface area contributed by atoms with Crippen LogP contribution >= 0.6 is 0 Å². The maximum atomic E-state index is 12.3. The summed E-state index contributed by atoms with van der Waals surface area (Å²) in [6.07, 6.45) is 7.93. The molecular formula is C16H28N2O. The van der Waals surface area contributed by atoms with Gasteiger partial charge in [0.05, 0.1) is 0 Å². The second-order valence-corrected chi connectivity index (χ2v) is 7.25. The Morgan fingerprint density at radius 3 is 2.47 bits per heavy atom. The number of hydrogen-bond donors (Lipinski definition) is 1. The van der Waals surface area contributed by atoms with Crippen LogP contribution in [0.3, 0.4) is 0 Å². The van der Waals surface area contributed by atoms with Gasteiger partial charge in [0.15, 0.2) is 0 Å². The lowest BCUT2D eigenvalue weighted by Gasteiger charge is -2.34. The summed E-state index contributed by atoms with van der Waals surface area (Å²) in [5.74, 6) is 3.38. The number of urea groups is 1. The van der Waals surface area contributed by atoms with Gasteiger partial charge in [-0.05, 0) is 62.7 Å². The summed E-state index contributed by atoms with van der Waals surface area (Å²) in [6, 6.07) is 0.546. The van der Waals surface area contributed by atoms with Crippen molar-refractivity contribution >= 4 is 6.03 Å². The summed E-state index contributed by atoms with van der Waals surface area (Å²) in [5, 5.41) is 3.28. The quantitative estimate of drug-likeness (QED) is 0.816. The van der Waals surface area contributed by atoms with Gasteiger partial charge in [0.2, 0.25) is 0 Å². The van der Waals surface area contributed by atoms with Crippen molar-refractivity contribution in [3.05, 3.63) is 0 Å². The fraction of sp³-hybridized carbons (Fsp3) is 0.938. The molecule has 4 atom stereocenters. The number of likely N-dealkylation sites (tertiary alicyclic amines) is 1. The Hall–Kier alpha value is -0.730. The molecule has 3 heteroatoms. The number of nitrogens with one attached hydrogen (secondary N) is 1. The molecule has 2 amide bonds. The molecule has 1 aliphatic heterocycles. The monoisotopic (exact) mass is 264 g/mol. The highest BCUT2D eigenvalue weighted by atomic mass is 16.2. The summed E-state index contributed by atoms with van der Waals surface area (Å²) in [5.41, 5.74) is 0. The van der Waals surface area contributed by atoms with Crippen molar-refractivity contribution < 1.29 is 4.79 Å². The van der Waals surface area contributed by atoms with Crippen LogP contribution in [0.15, 0.2) is 0 Å². The van der Waals surface area contributed by atoms with Gasteiger partial charge < -0.3 is 10.2 Å². The minimum absolute atomic E-state index is 0.183. The first-order valence-electron chi connectivity index (χ1n) is 8.19. The van der Waals surface area contributed by atoms with Crippen LogP contribution in [0.1, 0.15) is 52.4 Å². The smallest absolute Gasteiger partial charge is 0.317 e. The van der Waals surface area contributed by atoms with Gasteiger partial charge in [-0.1, -0.05) is 13.3 Å². The number of nitrogens with zero attached hydrogens (tertiary/aromatic N) is 1. The van der Waals surface area contributed by atoms with Gasteiger partial charge in [-0.3, -0.25) is 0 Å². The number of fused-ring (bicyclic) bond motifs is 2. The molecule has 2 bridgehead atoms. The highest BCUT2D eigenvalue weighted by molar-refractivity contribution is 5.74. The van der Waals surface area contributed by atoms with E-state index in [0.717, 1.165) is 49.6 Å². The van der Waals surface area contributed by atoms with Crippen LogP contribution < -0.4 is 5.32 Å². The minimum Gasteiger partial charge on any atom is -0.335 e. The Labute approximate surface area is 117 Å². The fourth-order valence-corrected chi connectivity index (χ4v) is 4.51. The predicted octanol–water partition coefficient (Wildman–Crippen LogP) is 3.25. The molecule has 0 spiro atoms. The van der Waals surface area contributed by atoms with Gasteiger partial charge in [0.25, 0.3) is 0 Å². The van der Waals surface area contributed by atoms with E-state index in [0.29, 0.717) is 6.04 Å². The molecule has 3 rings (SSSR count). The van der Waals surface area contributed by atoms with E-state index in [4.69, 9.17) is 0 Å². The molecule has 3 fully saturated rings. The minimum atomic E-state index is 0.183. The molecule has 3 nitrogen and oxygen atoms in total. The van der Waals surface area contributed by atoms with Gasteiger partial charge in [-0.2, -0.15) is 0 Å². The number of carbonyl (C=O) groups excluding carboxylic acids is 1. The molecular weight excluding hydrogens is 236 g/mol. The normalized spacial score (nSPS) is 36.5. The lowest BCUT2D eigenvalue weighted by molar-refractivity contribution is 0.162. The van der Waals surface area contributed by atoms with Crippen LogP contribution in [0, 0.1) is 23.7 Å². The molecule has 1 saturated heterocycles. The number of rotatable bonds is 2. The van der Waals surface area contributed by atoms with Crippen molar-refractivity contribution in [2.45, 2.75) is 58.4 Å². The van der Waals surface area contributed by atoms with Gasteiger partial charge in [-0.15, -0.1) is 0 Å². The largest absolute Gasteiger partial charge is 0.335 e. The Morgan fingerprint density at radius 1 is 1.16 bits per heavy atom. The van der Waals surface area contributed by atoms with E-state index in [-0.39, 0.29) is 6.03 Å². The summed E-state index contributed by atoms with van der Waals surface area (Å²) in [4.78, 5) is 14.3. The predicted molar refractivity (Wildman–Crippen MR) is 76.9 cm³/mol. The second kappa shape index (κ2) is 5.34. The van der Waals surface area contributed by atoms with Crippen molar-refractivity contribution in [2.24, 2.45) is 23.7 Å². The first-order valence-corrected chi connectivity index (χ1v) is 8.19. The molecule has 3 aliphatic rings. The maximum Gasteiger partial charge on any atom is 0.317 e. The Balaban J connectivity index is 1.49. The SMILES string of the molecule is CC1CCN(C(=O)NC(C)C2CC3CCC2C3)CC1. The van der Waals surface area contributed by atoms with Crippen LogP contribution in [0.4, 0.5) is 4.79 Å². The average molecular weight is 264 g/mol. The van der Waals surface area contributed by atoms with E-state index in [1.165, 1.54) is 25.7 Å². The van der Waals surface area contributed by atoms with Gasteiger partial charge >= 0.3 is 6.03 Å². The zero-order valence-corrected chi connectivity index (χ0v) is 12.4. The maximum absolute atomic E-state index is 12.3. The van der Waals surface area contributed by atoms with E-state index in [1.807, 2.05) is 4.90 Å². The van der Waals surface area contributed by atoms with E-state index in [9.17, 15) is 4.79 Å². The number of hydrogen-bond acceptors (Lipinski definition) is 1. The molecule has 0 aromatic carbocycles. The number of piperidine rings is 1. The van der Waals surface area contributed by atoms with E-state index in [2.05, 4.69) is 19.2 Å². The van der Waals surface area contributed by atoms with Crippen LogP contribution in [0.5, 0.6) is 0 Å². The van der Waals surface area contributed by atoms with Crippen molar-refractivity contribution in [3.8, 4) is 0 Å². The molecule has 2 saturated carbocycles. The van der Waals surface area contributed by atoms with Crippen molar-refractivity contribution in [1.29, 1.82) is 0 Å². The molecule has 1 heterocycles. The first-order chi connectivity index (χ1) is 9.13. The Morgan fingerprint density at radius 2 is 1.89 bits per heavy atom. The standard InChI is InChI=1S/C16H28N2O/c1-11-5-7-18(8-6-11)16(19)17-12(2)15-10-13-3-4-14(15)9-13/h11-15H,3-10H2,1-2H3,(H,17,19). The van der Waals surface area contributed by atoms with Crippen LogP contribution in [-0.4, -0.2) is 30.1 Å². The highest BCUT2D eigenvalue weighted by Gasteiger charge is 2.42. The van der Waals surface area contributed by atoms with Crippen molar-refractivity contribution in [2.75, 3.05) is 13.1 Å². The lowest BCUT2D eigenvalue weighted by Crippen LogP contribution is -2.49. The number of carbonyl (C=O) groups is 1. The van der Waals surface area contributed by atoms with E-state index in [1.54, 1.807) is 0 Å². The second-order valence-electron chi connectivity index (χ2n) is 7.25. The summed E-state index contributed by atoms with van der Waals surface area (Å²) in [7, 11) is 0. The Kier molecular flexibility index (Phi) is 3.72. The molecule has 0 radical (unpaired) electrons. The third kappa shape index (κ3) is 2.75. The van der Waals surface area contributed by atoms with Gasteiger partial charge in [0.1, 0.15) is 0 Å². The van der Waals surface area contributed by atoms with Gasteiger partial charge in [0, 0.05) is 19.1 Å². The fourth-order valence-electron chi connectivity index (χ4n) is 4.51. The molecule has 0 aromatic rings. The van der Waals surface area contributed by atoms with Crippen molar-refractivity contribution in [1.82, 2.24) is 10.2 Å². The zero-order chi connectivity index (χ0) is 13.4. The third-order valence-corrected chi connectivity index (χ3v) is 5.86. The summed E-state index contributed by atoms with van der Waals surface area (Å²) < 4.78 is 0. The van der Waals surface area contributed by atoms with E-state index >= 15 is 0 Å². The summed E-state index contributed by atoms with van der Waals surface area (Å²) in [6.45, 7) is 6.38. The molecule has 1 N–H and O–H groups in total.